The molecule has 1 aliphatic heterocycles. The molecule has 4 rings (SSSR count). The van der Waals surface area contributed by atoms with Gasteiger partial charge in [0, 0.05) is 6.07 Å². The third-order valence-corrected chi connectivity index (χ3v) is 5.36. The van der Waals surface area contributed by atoms with Crippen LogP contribution in [0.5, 0.6) is 5.75 Å². The minimum Gasteiger partial charge on any atom is -0.494 e. The number of hydrogen-bond acceptors (Lipinski definition) is 3. The fraction of sp³-hybridized carbons (Fsp3) is 0.150. The molecule has 1 aliphatic rings. The van der Waals surface area contributed by atoms with Gasteiger partial charge >= 0.3 is 5.82 Å². The molecule has 2 aromatic carbocycles. The number of ether oxygens (including phenoxy) is 1. The Morgan fingerprint density at radius 2 is 1.89 bits per heavy atom. The highest BCUT2D eigenvalue weighted by molar-refractivity contribution is 6.45. The molecule has 0 bridgehead atoms. The predicted octanol–water partition coefficient (Wildman–Crippen LogP) is 4.86. The van der Waals surface area contributed by atoms with E-state index in [-0.39, 0.29) is 27.1 Å². The normalized spacial score (nSPS) is 15.4. The van der Waals surface area contributed by atoms with Crippen molar-refractivity contribution in [1.82, 2.24) is 4.98 Å². The summed E-state index contributed by atoms with van der Waals surface area (Å²) in [7, 11) is 1.31. The Balaban J connectivity index is 2.13. The van der Waals surface area contributed by atoms with E-state index in [9.17, 15) is 4.39 Å². The van der Waals surface area contributed by atoms with Gasteiger partial charge in [0.05, 0.1) is 34.0 Å². The summed E-state index contributed by atoms with van der Waals surface area (Å²) in [6, 6.07) is 6.95. The summed E-state index contributed by atoms with van der Waals surface area (Å²) in [6.07, 6.45) is 3.42. The Morgan fingerprint density at radius 3 is 2.64 bits per heavy atom. The number of aromatic nitrogens is 2. The molecule has 142 valence electrons. The smallest absolute Gasteiger partial charge is 0.327 e. The quantitative estimate of drug-likeness (QED) is 0.555. The van der Waals surface area contributed by atoms with Gasteiger partial charge in [-0.3, -0.25) is 4.99 Å². The molecule has 28 heavy (non-hydrogen) atoms. The van der Waals surface area contributed by atoms with Crippen LogP contribution in [0.2, 0.25) is 10.0 Å². The number of nitrogens with zero attached hydrogens (tertiary/aromatic N) is 3. The van der Waals surface area contributed by atoms with Gasteiger partial charge < -0.3 is 4.74 Å². The van der Waals surface area contributed by atoms with Crippen LogP contribution in [0.3, 0.4) is 0 Å². The Labute approximate surface area is 170 Å². The first-order valence-corrected chi connectivity index (χ1v) is 9.15. The topological polar surface area (TPSA) is 38.4 Å². The summed E-state index contributed by atoms with van der Waals surface area (Å²) < 4.78 is 36.7. The van der Waals surface area contributed by atoms with E-state index >= 15 is 4.39 Å². The van der Waals surface area contributed by atoms with Crippen LogP contribution in [0.4, 0.5) is 8.78 Å². The number of benzene rings is 2. The fourth-order valence-corrected chi connectivity index (χ4v) is 3.68. The van der Waals surface area contributed by atoms with Crippen molar-refractivity contribution in [1.29, 1.82) is 0 Å². The van der Waals surface area contributed by atoms with Gasteiger partial charge in [0.25, 0.3) is 0 Å². The molecule has 0 N–H and O–H groups in total. The second-order valence-corrected chi connectivity index (χ2v) is 6.98. The van der Waals surface area contributed by atoms with Crippen LogP contribution in [0, 0.1) is 11.6 Å². The molecule has 0 fully saturated rings. The fourth-order valence-electron chi connectivity index (χ4n) is 3.28. The summed E-state index contributed by atoms with van der Waals surface area (Å²) in [5.41, 5.74) is 0.616. The Hall–Kier alpha value is -2.57. The zero-order valence-electron chi connectivity index (χ0n) is 14.9. The van der Waals surface area contributed by atoms with E-state index in [1.165, 1.54) is 13.2 Å². The van der Waals surface area contributed by atoms with Gasteiger partial charge in [-0.15, -0.1) is 0 Å². The highest BCUT2D eigenvalue weighted by Gasteiger charge is 2.34. The van der Waals surface area contributed by atoms with Gasteiger partial charge in [-0.05, 0) is 31.2 Å². The second-order valence-electron chi connectivity index (χ2n) is 6.20. The molecule has 1 unspecified atom stereocenters. The predicted molar refractivity (Wildman–Crippen MR) is 103 cm³/mol. The third-order valence-electron chi connectivity index (χ3n) is 4.55. The van der Waals surface area contributed by atoms with Gasteiger partial charge in [-0.2, -0.15) is 4.57 Å². The lowest BCUT2D eigenvalue weighted by Crippen LogP contribution is -2.37. The Bertz CT molecular complexity index is 1130. The molecular formula is C20H14Cl2F2N3O+. The van der Waals surface area contributed by atoms with E-state index < -0.39 is 17.7 Å². The monoisotopic (exact) mass is 420 g/mol. The molecule has 0 aliphatic carbocycles. The van der Waals surface area contributed by atoms with E-state index in [0.29, 0.717) is 17.1 Å². The largest absolute Gasteiger partial charge is 0.494 e. The lowest BCUT2D eigenvalue weighted by atomic mass is 9.98. The first-order valence-electron chi connectivity index (χ1n) is 8.39. The van der Waals surface area contributed by atoms with E-state index in [4.69, 9.17) is 27.9 Å². The minimum atomic E-state index is -0.862. The molecule has 1 atom stereocenters. The van der Waals surface area contributed by atoms with Crippen LogP contribution < -0.4 is 9.30 Å². The van der Waals surface area contributed by atoms with Crippen molar-refractivity contribution in [2.24, 2.45) is 4.99 Å². The zero-order chi connectivity index (χ0) is 20.0. The number of methoxy groups -OCH3 is 1. The van der Waals surface area contributed by atoms with Crippen molar-refractivity contribution in [3.63, 3.8) is 0 Å². The number of rotatable bonds is 2. The van der Waals surface area contributed by atoms with Crippen molar-refractivity contribution in [2.75, 3.05) is 7.11 Å². The molecular weight excluding hydrogens is 407 g/mol. The molecule has 2 heterocycles. The van der Waals surface area contributed by atoms with Gasteiger partial charge in [-0.1, -0.05) is 28.2 Å². The maximum absolute atomic E-state index is 15.1. The van der Waals surface area contributed by atoms with E-state index in [0.717, 1.165) is 6.07 Å². The standard InChI is InChI=1S/C20H14Cl2F2N3O/c1-10-20-25-8-3-9-27(20)13-6-4-11(21)17(22)16(13)19(26-10)15-12(23)5-7-14(28-2)18(15)24/h3-10H,1-2H3/q+1. The molecule has 0 spiro atoms. The van der Waals surface area contributed by atoms with E-state index in [1.54, 1.807) is 42.1 Å². The molecule has 3 aromatic rings. The van der Waals surface area contributed by atoms with Crippen LogP contribution in [0.1, 0.15) is 29.9 Å². The molecule has 4 nitrogen and oxygen atoms in total. The van der Waals surface area contributed by atoms with Gasteiger partial charge in [0.1, 0.15) is 23.9 Å². The van der Waals surface area contributed by atoms with Gasteiger partial charge in [0.15, 0.2) is 17.6 Å². The van der Waals surface area contributed by atoms with Gasteiger partial charge in [0.2, 0.25) is 0 Å². The average molecular weight is 421 g/mol. The lowest BCUT2D eigenvalue weighted by Gasteiger charge is -2.14. The summed E-state index contributed by atoms with van der Waals surface area (Å²) in [5, 5.41) is 0.397. The lowest BCUT2D eigenvalue weighted by molar-refractivity contribution is -0.609. The molecule has 0 saturated carbocycles. The summed E-state index contributed by atoms with van der Waals surface area (Å²) in [6.45, 7) is 1.79. The Kier molecular flexibility index (Phi) is 4.77. The zero-order valence-corrected chi connectivity index (χ0v) is 16.4. The first-order chi connectivity index (χ1) is 13.4. The van der Waals surface area contributed by atoms with Crippen LogP contribution in [0.15, 0.2) is 47.7 Å². The Morgan fingerprint density at radius 1 is 1.11 bits per heavy atom. The second kappa shape index (κ2) is 7.11. The summed E-state index contributed by atoms with van der Waals surface area (Å²) in [4.78, 5) is 8.97. The molecule has 8 heteroatoms. The highest BCUT2D eigenvalue weighted by atomic mass is 35.5. The highest BCUT2D eigenvalue weighted by Crippen LogP contribution is 2.36. The van der Waals surface area contributed by atoms with Crippen LogP contribution in [0.25, 0.3) is 5.69 Å². The van der Waals surface area contributed by atoms with Crippen LogP contribution in [-0.4, -0.2) is 17.8 Å². The minimum absolute atomic E-state index is 0.0504. The van der Waals surface area contributed by atoms with Crippen molar-refractivity contribution >= 4 is 28.9 Å². The number of hydrogen-bond donors (Lipinski definition) is 0. The maximum Gasteiger partial charge on any atom is 0.327 e. The van der Waals surface area contributed by atoms with E-state index in [1.807, 2.05) is 0 Å². The summed E-state index contributed by atoms with van der Waals surface area (Å²) >= 11 is 12.7. The van der Waals surface area contributed by atoms with Crippen molar-refractivity contribution in [3.8, 4) is 11.4 Å². The number of fused-ring (bicyclic) bond motifs is 3. The van der Waals surface area contributed by atoms with Crippen molar-refractivity contribution < 1.29 is 18.1 Å². The molecule has 1 aromatic heterocycles. The molecule has 0 saturated heterocycles. The maximum atomic E-state index is 15.1. The van der Waals surface area contributed by atoms with Crippen molar-refractivity contribution in [3.05, 3.63) is 81.4 Å². The summed E-state index contributed by atoms with van der Waals surface area (Å²) in [5.74, 6) is -1.14. The SMILES string of the molecule is COc1ccc(F)c(C2=NC(C)c3nccc[n+]3-c3ccc(Cl)c(Cl)c32)c1F. The van der Waals surface area contributed by atoms with Gasteiger partial charge in [-0.25, -0.2) is 8.78 Å². The third kappa shape index (κ3) is 2.84. The first kappa shape index (κ1) is 18.8. The molecule has 0 radical (unpaired) electrons. The van der Waals surface area contributed by atoms with Crippen LogP contribution >= 0.6 is 23.2 Å². The average Bonchev–Trinajstić information content (AvgIpc) is 2.81. The van der Waals surface area contributed by atoms with E-state index in [2.05, 4.69) is 9.98 Å². The molecule has 0 amide bonds. The number of halogens is 4. The van der Waals surface area contributed by atoms with Crippen LogP contribution in [-0.2, 0) is 0 Å². The van der Waals surface area contributed by atoms with Crippen molar-refractivity contribution in [2.45, 2.75) is 13.0 Å². The number of aliphatic imine (C=N–C) groups is 1.